The molecular weight excluding hydrogens is 763 g/mol. The van der Waals surface area contributed by atoms with E-state index in [2.05, 4.69) is 14.8 Å². The van der Waals surface area contributed by atoms with Crippen molar-refractivity contribution >= 4 is 19.5 Å². The Morgan fingerprint density at radius 3 is 1.98 bits per heavy atom. The topological polar surface area (TPSA) is 215 Å². The van der Waals surface area contributed by atoms with Crippen molar-refractivity contribution in [3.63, 3.8) is 0 Å². The van der Waals surface area contributed by atoms with E-state index < -0.39 is 92.0 Å². The van der Waals surface area contributed by atoms with Crippen LogP contribution in [0.3, 0.4) is 0 Å². The molecule has 57 heavy (non-hydrogen) atoms. The Kier molecular flexibility index (Phi) is 13.7. The monoisotopic (exact) mass is 812 g/mol. The summed E-state index contributed by atoms with van der Waals surface area (Å²) in [4.78, 5) is 85.3. The lowest BCUT2D eigenvalue weighted by Crippen LogP contribution is -2.37. The summed E-state index contributed by atoms with van der Waals surface area (Å²) >= 11 is 0. The Labute approximate surface area is 328 Å². The molecule has 0 spiro atoms. The Morgan fingerprint density at radius 1 is 0.895 bits per heavy atom. The molecule has 5 rings (SSSR count). The number of esters is 1. The molecule has 1 amide bonds. The molecule has 2 aromatic heterocycles. The number of benzene rings is 1. The van der Waals surface area contributed by atoms with Crippen LogP contribution in [0.1, 0.15) is 83.2 Å². The van der Waals surface area contributed by atoms with Gasteiger partial charge in [0.2, 0.25) is 6.54 Å². The standard InChI is InChI=1S/C38H49N6O12P/c1-9-27-29(16-32(53-27)44-18-24(5)35(47)41-38(44)50)56-57(51,12-10-11-39-7)52-20-30-28(15-31(54-30)43-17-23(4)34(46)40-37(43)49)55-33(45)19-42(8)36(48)26-13-21(2)25(6)22(3)14-26/h13-14,17-18,27-32H,9-12,15-16,19-20H2,1-6,8H3,(H,40,46,49)(H,41,47,50). The quantitative estimate of drug-likeness (QED) is 0.0980. The number of amides is 1. The molecule has 4 heterocycles. The van der Waals surface area contributed by atoms with E-state index >= 15 is 0 Å². The number of H-pyrrole nitrogens is 2. The highest BCUT2D eigenvalue weighted by Gasteiger charge is 2.44. The zero-order valence-electron chi connectivity index (χ0n) is 33.1. The van der Waals surface area contributed by atoms with Crippen molar-refractivity contribution in [3.05, 3.63) is 111 Å². The van der Waals surface area contributed by atoms with Gasteiger partial charge in [-0.15, -0.1) is 0 Å². The van der Waals surface area contributed by atoms with Gasteiger partial charge in [0.05, 0.1) is 25.0 Å². The van der Waals surface area contributed by atoms with Crippen LogP contribution in [0.5, 0.6) is 0 Å². The van der Waals surface area contributed by atoms with Crippen molar-refractivity contribution in [3.8, 4) is 0 Å². The van der Waals surface area contributed by atoms with Crippen LogP contribution in [0.25, 0.3) is 4.85 Å². The second kappa shape index (κ2) is 18.1. The van der Waals surface area contributed by atoms with E-state index in [1.807, 2.05) is 27.7 Å². The minimum absolute atomic E-state index is 0.0361. The second-order valence-electron chi connectivity index (χ2n) is 14.5. The number of aromatic amines is 2. The highest BCUT2D eigenvalue weighted by Crippen LogP contribution is 2.53. The molecule has 0 radical (unpaired) electrons. The van der Waals surface area contributed by atoms with Crippen molar-refractivity contribution < 1.29 is 37.4 Å². The zero-order chi connectivity index (χ0) is 41.8. The maximum absolute atomic E-state index is 14.5. The Morgan fingerprint density at radius 2 is 1.44 bits per heavy atom. The zero-order valence-corrected chi connectivity index (χ0v) is 34.0. The molecule has 19 heteroatoms. The summed E-state index contributed by atoms with van der Waals surface area (Å²) in [7, 11) is -2.59. The van der Waals surface area contributed by atoms with Crippen LogP contribution in [0, 0.1) is 41.2 Å². The van der Waals surface area contributed by atoms with E-state index in [0.717, 1.165) is 21.3 Å². The Balaban J connectivity index is 1.35. The van der Waals surface area contributed by atoms with Gasteiger partial charge in [-0.1, -0.05) is 6.92 Å². The van der Waals surface area contributed by atoms with Crippen LogP contribution in [0.4, 0.5) is 0 Å². The number of aryl methyl sites for hydroxylation is 4. The van der Waals surface area contributed by atoms with Gasteiger partial charge < -0.3 is 33.0 Å². The number of aromatic nitrogens is 4. The average molecular weight is 813 g/mol. The molecule has 18 nitrogen and oxygen atoms in total. The van der Waals surface area contributed by atoms with Gasteiger partial charge in [-0.3, -0.25) is 42.8 Å². The van der Waals surface area contributed by atoms with Gasteiger partial charge >= 0.3 is 24.9 Å². The fourth-order valence-corrected chi connectivity index (χ4v) is 8.66. The van der Waals surface area contributed by atoms with Crippen molar-refractivity contribution in [1.29, 1.82) is 0 Å². The van der Waals surface area contributed by atoms with E-state index in [-0.39, 0.29) is 37.5 Å². The molecule has 0 bridgehead atoms. The highest BCUT2D eigenvalue weighted by atomic mass is 31.2. The molecule has 7 atom stereocenters. The van der Waals surface area contributed by atoms with Gasteiger partial charge in [-0.2, -0.15) is 0 Å². The first-order valence-electron chi connectivity index (χ1n) is 18.7. The van der Waals surface area contributed by atoms with Gasteiger partial charge in [0.25, 0.3) is 17.0 Å². The van der Waals surface area contributed by atoms with Gasteiger partial charge in [-0.05, 0) is 69.9 Å². The lowest BCUT2D eigenvalue weighted by molar-refractivity contribution is -0.153. The third kappa shape index (κ3) is 10.2. The molecule has 2 aliphatic rings. The summed E-state index contributed by atoms with van der Waals surface area (Å²) in [6.45, 7) is 17.0. The summed E-state index contributed by atoms with van der Waals surface area (Å²) in [6.07, 6.45) is -2.33. The van der Waals surface area contributed by atoms with Gasteiger partial charge in [0.15, 0.2) is 0 Å². The average Bonchev–Trinajstić information content (AvgIpc) is 3.75. The number of nitrogens with one attached hydrogen (secondary N) is 2. The van der Waals surface area contributed by atoms with E-state index in [0.29, 0.717) is 17.5 Å². The number of likely N-dealkylation sites (N-methyl/N-ethyl adjacent to an activating group) is 1. The summed E-state index contributed by atoms with van der Waals surface area (Å²) < 4.78 is 47.2. The predicted molar refractivity (Wildman–Crippen MR) is 206 cm³/mol. The van der Waals surface area contributed by atoms with Gasteiger partial charge in [-0.25, -0.2) is 16.2 Å². The third-order valence-corrected chi connectivity index (χ3v) is 12.3. The number of carbonyl (C=O) groups excluding carboxylic acids is 2. The number of ether oxygens (including phenoxy) is 3. The molecule has 2 aliphatic heterocycles. The summed E-state index contributed by atoms with van der Waals surface area (Å²) in [6, 6.07) is 3.51. The fourth-order valence-electron chi connectivity index (χ4n) is 6.83. The number of hydrogen-bond acceptors (Lipinski definition) is 12. The van der Waals surface area contributed by atoms with Crippen LogP contribution >= 0.6 is 7.60 Å². The molecule has 308 valence electrons. The van der Waals surface area contributed by atoms with Crippen molar-refractivity contribution in [2.45, 2.75) is 104 Å². The first kappa shape index (κ1) is 43.2. The molecule has 7 unspecified atom stereocenters. The Hall–Kier alpha value is -4.92. The van der Waals surface area contributed by atoms with Crippen molar-refractivity contribution in [2.75, 3.05) is 32.9 Å². The second-order valence-corrected chi connectivity index (χ2v) is 16.7. The minimum Gasteiger partial charge on any atom is -0.458 e. The SMILES string of the molecule is [C-]#[N+]CCCP(=O)(OCC1OC(n2cc(C)c(=O)[nH]c2=O)CC1OC(=O)CN(C)C(=O)c1cc(C)c(C)c(C)c1)OC1CC(n2cc(C)c(=O)[nH]c2=O)OC1CC. The maximum atomic E-state index is 14.5. The van der Waals surface area contributed by atoms with E-state index in [1.54, 1.807) is 19.1 Å². The molecule has 0 aliphatic carbocycles. The van der Waals surface area contributed by atoms with Crippen LogP contribution in [-0.2, 0) is 32.6 Å². The summed E-state index contributed by atoms with van der Waals surface area (Å²) in [5.74, 6) is -1.17. The fraction of sp³-hybridized carbons (Fsp3) is 0.553. The number of hydrogen-bond donors (Lipinski definition) is 2. The predicted octanol–water partition coefficient (Wildman–Crippen LogP) is 3.20. The van der Waals surface area contributed by atoms with Crippen molar-refractivity contribution in [2.24, 2.45) is 0 Å². The molecule has 0 saturated carbocycles. The maximum Gasteiger partial charge on any atom is 0.331 e. The van der Waals surface area contributed by atoms with E-state index in [9.17, 15) is 33.3 Å². The first-order valence-corrected chi connectivity index (χ1v) is 20.4. The summed E-state index contributed by atoms with van der Waals surface area (Å²) in [5.41, 5.74) is 1.30. The molecule has 2 fully saturated rings. The Bertz CT molecular complexity index is 2300. The molecule has 2 saturated heterocycles. The first-order chi connectivity index (χ1) is 26.9. The van der Waals surface area contributed by atoms with Gasteiger partial charge in [0.1, 0.15) is 31.2 Å². The number of nitrogens with zero attached hydrogens (tertiary/aromatic N) is 4. The highest BCUT2D eigenvalue weighted by molar-refractivity contribution is 7.53. The molecule has 1 aromatic carbocycles. The normalized spacial score (nSPS) is 22.8. The lowest BCUT2D eigenvalue weighted by Gasteiger charge is -2.26. The van der Waals surface area contributed by atoms with Gasteiger partial charge in [0, 0.05) is 55.4 Å². The largest absolute Gasteiger partial charge is 0.458 e. The number of rotatable bonds is 15. The van der Waals surface area contributed by atoms with Crippen LogP contribution < -0.4 is 22.5 Å². The summed E-state index contributed by atoms with van der Waals surface area (Å²) in [5, 5.41) is 0. The number of carbonyl (C=O) groups is 2. The van der Waals surface area contributed by atoms with E-state index in [4.69, 9.17) is 29.8 Å². The molecular formula is C38H49N6O12P. The van der Waals surface area contributed by atoms with Crippen LogP contribution in [0.15, 0.2) is 43.7 Å². The minimum atomic E-state index is -4.06. The molecule has 3 aromatic rings. The van der Waals surface area contributed by atoms with Crippen LogP contribution in [0.2, 0.25) is 0 Å². The van der Waals surface area contributed by atoms with Crippen LogP contribution in [-0.4, -0.2) is 93.2 Å². The third-order valence-electron chi connectivity index (χ3n) is 10.3. The van der Waals surface area contributed by atoms with Crippen molar-refractivity contribution in [1.82, 2.24) is 24.0 Å². The molecule has 2 N–H and O–H groups in total. The lowest BCUT2D eigenvalue weighted by atomic mass is 10.00. The van der Waals surface area contributed by atoms with E-state index in [1.165, 1.54) is 35.8 Å². The smallest absolute Gasteiger partial charge is 0.331 e.